The standard InChI is InChI=1S/C20H30N4/c21-19(13-17-7-3-1-4-8-17)15-23-11-12-24-16-20(22)14-18-9-5-2-6-10-18/h1-10,19-20,23-24H,11-16,21-22H2/t19-,20-/m0/s1. The van der Waals surface area contributed by atoms with Gasteiger partial charge in [-0.15, -0.1) is 0 Å². The first-order valence-electron chi connectivity index (χ1n) is 8.74. The van der Waals surface area contributed by atoms with Crippen LogP contribution in [0, 0.1) is 0 Å². The summed E-state index contributed by atoms with van der Waals surface area (Å²) in [5, 5.41) is 6.80. The first-order chi connectivity index (χ1) is 11.7. The van der Waals surface area contributed by atoms with Crippen LogP contribution in [0.2, 0.25) is 0 Å². The normalized spacial score (nSPS) is 13.6. The van der Waals surface area contributed by atoms with Gasteiger partial charge >= 0.3 is 0 Å². The summed E-state index contributed by atoms with van der Waals surface area (Å²) in [5.74, 6) is 0. The van der Waals surface area contributed by atoms with Gasteiger partial charge in [-0.3, -0.25) is 0 Å². The van der Waals surface area contributed by atoms with Gasteiger partial charge in [0.2, 0.25) is 0 Å². The van der Waals surface area contributed by atoms with E-state index in [1.807, 2.05) is 12.1 Å². The van der Waals surface area contributed by atoms with E-state index in [1.54, 1.807) is 0 Å². The fourth-order valence-corrected chi connectivity index (χ4v) is 2.73. The maximum absolute atomic E-state index is 6.15. The van der Waals surface area contributed by atoms with Gasteiger partial charge in [0.25, 0.3) is 0 Å². The molecule has 0 saturated carbocycles. The summed E-state index contributed by atoms with van der Waals surface area (Å²) in [6.45, 7) is 3.46. The lowest BCUT2D eigenvalue weighted by atomic mass is 10.1. The first kappa shape index (κ1) is 18.6. The molecule has 0 bridgehead atoms. The third-order valence-corrected chi connectivity index (χ3v) is 3.97. The molecule has 2 aromatic rings. The van der Waals surface area contributed by atoms with E-state index < -0.39 is 0 Å². The fourth-order valence-electron chi connectivity index (χ4n) is 2.73. The van der Waals surface area contributed by atoms with Gasteiger partial charge in [-0.2, -0.15) is 0 Å². The maximum Gasteiger partial charge on any atom is 0.0206 e. The summed E-state index contributed by atoms with van der Waals surface area (Å²) < 4.78 is 0. The Hall–Kier alpha value is -1.72. The van der Waals surface area contributed by atoms with E-state index in [9.17, 15) is 0 Å². The molecule has 0 saturated heterocycles. The molecule has 4 nitrogen and oxygen atoms in total. The molecule has 2 rings (SSSR count). The van der Waals surface area contributed by atoms with E-state index in [0.717, 1.165) is 39.0 Å². The van der Waals surface area contributed by atoms with Crippen molar-refractivity contribution in [1.29, 1.82) is 0 Å². The molecular weight excluding hydrogens is 296 g/mol. The van der Waals surface area contributed by atoms with Crippen LogP contribution in [-0.4, -0.2) is 38.3 Å². The molecule has 0 fully saturated rings. The van der Waals surface area contributed by atoms with Crippen molar-refractivity contribution in [3.05, 3.63) is 71.8 Å². The first-order valence-corrected chi connectivity index (χ1v) is 8.74. The number of nitrogens with two attached hydrogens (primary N) is 2. The molecule has 6 N–H and O–H groups in total. The second-order valence-electron chi connectivity index (χ2n) is 6.31. The highest BCUT2D eigenvalue weighted by molar-refractivity contribution is 5.16. The molecule has 0 unspecified atom stereocenters. The van der Waals surface area contributed by atoms with Crippen molar-refractivity contribution in [3.63, 3.8) is 0 Å². The highest BCUT2D eigenvalue weighted by Gasteiger charge is 2.04. The highest BCUT2D eigenvalue weighted by atomic mass is 15.0. The van der Waals surface area contributed by atoms with Crippen LogP contribution in [0.5, 0.6) is 0 Å². The minimum Gasteiger partial charge on any atom is -0.326 e. The SMILES string of the molecule is N[C@H](CNCCNC[C@@H](N)Cc1ccccc1)Cc1ccccc1. The van der Waals surface area contributed by atoms with Crippen LogP contribution in [-0.2, 0) is 12.8 Å². The van der Waals surface area contributed by atoms with Crippen LogP contribution < -0.4 is 22.1 Å². The molecule has 0 aliphatic heterocycles. The summed E-state index contributed by atoms with van der Waals surface area (Å²) in [7, 11) is 0. The lowest BCUT2D eigenvalue weighted by Crippen LogP contribution is -2.41. The Morgan fingerprint density at radius 2 is 1.00 bits per heavy atom. The van der Waals surface area contributed by atoms with Gasteiger partial charge in [-0.25, -0.2) is 0 Å². The van der Waals surface area contributed by atoms with Crippen LogP contribution in [0.1, 0.15) is 11.1 Å². The zero-order chi connectivity index (χ0) is 17.0. The molecule has 130 valence electrons. The largest absolute Gasteiger partial charge is 0.326 e. The van der Waals surface area contributed by atoms with Crippen molar-refractivity contribution in [2.24, 2.45) is 11.5 Å². The quantitative estimate of drug-likeness (QED) is 0.470. The van der Waals surface area contributed by atoms with E-state index in [-0.39, 0.29) is 12.1 Å². The average Bonchev–Trinajstić information content (AvgIpc) is 2.60. The van der Waals surface area contributed by atoms with Crippen molar-refractivity contribution in [2.45, 2.75) is 24.9 Å². The van der Waals surface area contributed by atoms with Gasteiger partial charge in [0.05, 0.1) is 0 Å². The lowest BCUT2D eigenvalue weighted by Gasteiger charge is -2.15. The molecule has 2 atom stereocenters. The molecule has 0 heterocycles. The molecule has 0 aliphatic carbocycles. The van der Waals surface area contributed by atoms with Crippen LogP contribution in [0.4, 0.5) is 0 Å². The molecule has 0 aliphatic rings. The second-order valence-corrected chi connectivity index (χ2v) is 6.31. The Bertz CT molecular complexity index is 493. The van der Waals surface area contributed by atoms with Crippen LogP contribution >= 0.6 is 0 Å². The predicted octanol–water partition coefficient (Wildman–Crippen LogP) is 1.31. The minimum atomic E-state index is 0.146. The monoisotopic (exact) mass is 326 g/mol. The predicted molar refractivity (Wildman–Crippen MR) is 102 cm³/mol. The highest BCUT2D eigenvalue weighted by Crippen LogP contribution is 2.02. The number of hydrogen-bond donors (Lipinski definition) is 4. The van der Waals surface area contributed by atoms with Crippen LogP contribution in [0.15, 0.2) is 60.7 Å². The molecule has 4 heteroatoms. The van der Waals surface area contributed by atoms with Gasteiger partial charge in [0.15, 0.2) is 0 Å². The number of hydrogen-bond acceptors (Lipinski definition) is 4. The molecule has 24 heavy (non-hydrogen) atoms. The summed E-state index contributed by atoms with van der Waals surface area (Å²) in [6.07, 6.45) is 1.81. The maximum atomic E-state index is 6.15. The smallest absolute Gasteiger partial charge is 0.0206 e. The number of nitrogens with one attached hydrogen (secondary N) is 2. The molecule has 0 aromatic heterocycles. The van der Waals surface area contributed by atoms with Crippen LogP contribution in [0.3, 0.4) is 0 Å². The number of rotatable bonds is 11. The fraction of sp³-hybridized carbons (Fsp3) is 0.400. The molecule has 0 spiro atoms. The number of benzene rings is 2. The zero-order valence-corrected chi connectivity index (χ0v) is 14.3. The van der Waals surface area contributed by atoms with E-state index >= 15 is 0 Å². The molecule has 0 radical (unpaired) electrons. The van der Waals surface area contributed by atoms with Gasteiger partial charge in [0, 0.05) is 38.3 Å². The third kappa shape index (κ3) is 7.70. The Balaban J connectivity index is 1.49. The third-order valence-electron chi connectivity index (χ3n) is 3.97. The summed E-state index contributed by atoms with van der Waals surface area (Å²) in [4.78, 5) is 0. The molecular formula is C20H30N4. The average molecular weight is 326 g/mol. The van der Waals surface area contributed by atoms with Crippen molar-refractivity contribution in [2.75, 3.05) is 26.2 Å². The van der Waals surface area contributed by atoms with Gasteiger partial charge in [0.1, 0.15) is 0 Å². The Kier molecular flexibility index (Phi) is 8.49. The van der Waals surface area contributed by atoms with Crippen LogP contribution in [0.25, 0.3) is 0 Å². The Labute approximate surface area is 145 Å². The second kappa shape index (κ2) is 10.9. The van der Waals surface area contributed by atoms with Gasteiger partial charge in [-0.05, 0) is 24.0 Å². The Morgan fingerprint density at radius 1 is 0.625 bits per heavy atom. The van der Waals surface area contributed by atoms with Crippen molar-refractivity contribution < 1.29 is 0 Å². The van der Waals surface area contributed by atoms with Crippen molar-refractivity contribution >= 4 is 0 Å². The van der Waals surface area contributed by atoms with Gasteiger partial charge in [-0.1, -0.05) is 60.7 Å². The van der Waals surface area contributed by atoms with E-state index in [1.165, 1.54) is 11.1 Å². The van der Waals surface area contributed by atoms with Crippen molar-refractivity contribution in [1.82, 2.24) is 10.6 Å². The van der Waals surface area contributed by atoms with E-state index in [4.69, 9.17) is 11.5 Å². The summed E-state index contributed by atoms with van der Waals surface area (Å²) >= 11 is 0. The zero-order valence-electron chi connectivity index (χ0n) is 14.3. The Morgan fingerprint density at radius 3 is 1.38 bits per heavy atom. The molecule has 0 amide bonds. The van der Waals surface area contributed by atoms with Crippen molar-refractivity contribution in [3.8, 4) is 0 Å². The lowest BCUT2D eigenvalue weighted by molar-refractivity contribution is 0.529. The molecule has 2 aromatic carbocycles. The van der Waals surface area contributed by atoms with E-state index in [2.05, 4.69) is 59.2 Å². The minimum absolute atomic E-state index is 0.146. The van der Waals surface area contributed by atoms with E-state index in [0.29, 0.717) is 0 Å². The summed E-state index contributed by atoms with van der Waals surface area (Å²) in [6, 6.07) is 21.0. The topological polar surface area (TPSA) is 76.1 Å². The summed E-state index contributed by atoms with van der Waals surface area (Å²) in [5.41, 5.74) is 14.9. The van der Waals surface area contributed by atoms with Gasteiger partial charge < -0.3 is 22.1 Å².